The SMILES string of the molecule is CC(C)=CCC/C(C)=C/CC/C(C)=C/CSc1ccccc1C(=O)N[C@H](C(=O)NCC(=O)NO)C(C)C. The van der Waals surface area contributed by atoms with E-state index in [0.29, 0.717) is 5.56 Å². The van der Waals surface area contributed by atoms with E-state index in [1.165, 1.54) is 22.2 Å². The number of nitrogens with one attached hydrogen (secondary N) is 3. The van der Waals surface area contributed by atoms with Crippen LogP contribution in [0.3, 0.4) is 0 Å². The molecule has 1 rings (SSSR count). The van der Waals surface area contributed by atoms with Crippen molar-refractivity contribution in [2.45, 2.75) is 78.2 Å². The van der Waals surface area contributed by atoms with Crippen molar-refractivity contribution < 1.29 is 19.6 Å². The molecule has 1 aromatic carbocycles. The van der Waals surface area contributed by atoms with Crippen LogP contribution in [-0.2, 0) is 9.59 Å². The summed E-state index contributed by atoms with van der Waals surface area (Å²) in [5, 5.41) is 13.8. The lowest BCUT2D eigenvalue weighted by Crippen LogP contribution is -2.51. The monoisotopic (exact) mass is 529 g/mol. The molecule has 0 saturated carbocycles. The van der Waals surface area contributed by atoms with Crippen LogP contribution in [0.2, 0.25) is 0 Å². The second kappa shape index (κ2) is 17.6. The Kier molecular flexibility index (Phi) is 15.3. The summed E-state index contributed by atoms with van der Waals surface area (Å²) < 4.78 is 0. The predicted octanol–water partition coefficient (Wildman–Crippen LogP) is 5.57. The Hall–Kier alpha value is -2.84. The van der Waals surface area contributed by atoms with Crippen LogP contribution in [-0.4, -0.2) is 41.3 Å². The van der Waals surface area contributed by atoms with Gasteiger partial charge in [-0.25, -0.2) is 5.48 Å². The third-order valence-corrected chi connectivity index (χ3v) is 6.71. The lowest BCUT2D eigenvalue weighted by Gasteiger charge is -2.22. The molecule has 8 heteroatoms. The van der Waals surface area contributed by atoms with Crippen LogP contribution in [0, 0.1) is 5.92 Å². The maximum Gasteiger partial charge on any atom is 0.262 e. The van der Waals surface area contributed by atoms with Crippen molar-refractivity contribution in [1.29, 1.82) is 0 Å². The second-order valence-electron chi connectivity index (χ2n) is 9.71. The molecule has 0 saturated heterocycles. The molecular weight excluding hydrogens is 486 g/mol. The summed E-state index contributed by atoms with van der Waals surface area (Å²) in [6.45, 7) is 11.8. The number of carbonyl (C=O) groups excluding carboxylic acids is 3. The standard InChI is InChI=1S/C29H43N3O4S/c1-20(2)11-9-12-22(5)13-10-14-23(6)17-18-37-25-16-8-7-15-24(25)28(34)31-27(21(3)4)29(35)30-19-26(33)32-36/h7-8,11,13,15-17,21,27,36H,9-10,12,14,18-19H2,1-6H3,(H,30,35)(H,31,34)(H,32,33)/b22-13+,23-17+/t27-/m0/s1. The molecule has 0 fully saturated rings. The number of benzene rings is 1. The van der Waals surface area contributed by atoms with E-state index in [4.69, 9.17) is 5.21 Å². The minimum absolute atomic E-state index is 0.198. The van der Waals surface area contributed by atoms with E-state index in [-0.39, 0.29) is 18.4 Å². The molecule has 3 amide bonds. The zero-order valence-corrected chi connectivity index (χ0v) is 23.8. The fourth-order valence-corrected chi connectivity index (χ4v) is 4.50. The highest BCUT2D eigenvalue weighted by molar-refractivity contribution is 7.99. The summed E-state index contributed by atoms with van der Waals surface area (Å²) in [5.41, 5.74) is 6.06. The number of rotatable bonds is 15. The van der Waals surface area contributed by atoms with Crippen molar-refractivity contribution in [3.8, 4) is 0 Å². The van der Waals surface area contributed by atoms with Crippen molar-refractivity contribution in [2.75, 3.05) is 12.3 Å². The van der Waals surface area contributed by atoms with Crippen molar-refractivity contribution in [3.05, 3.63) is 64.8 Å². The Morgan fingerprint density at radius 2 is 1.57 bits per heavy atom. The van der Waals surface area contributed by atoms with Gasteiger partial charge in [0.1, 0.15) is 6.04 Å². The molecule has 0 aliphatic heterocycles. The maximum absolute atomic E-state index is 13.0. The van der Waals surface area contributed by atoms with Gasteiger partial charge in [-0.1, -0.05) is 60.9 Å². The van der Waals surface area contributed by atoms with E-state index in [1.807, 2.05) is 26.0 Å². The van der Waals surface area contributed by atoms with Crippen LogP contribution in [0.15, 0.2) is 64.1 Å². The van der Waals surface area contributed by atoms with E-state index in [2.05, 4.69) is 56.6 Å². The predicted molar refractivity (Wildman–Crippen MR) is 152 cm³/mol. The number of hydrogen-bond donors (Lipinski definition) is 4. The molecule has 0 bridgehead atoms. The van der Waals surface area contributed by atoms with E-state index in [0.717, 1.165) is 36.3 Å². The van der Waals surface area contributed by atoms with Gasteiger partial charge in [-0.3, -0.25) is 19.6 Å². The Balaban J connectivity index is 2.70. The van der Waals surface area contributed by atoms with Crippen molar-refractivity contribution in [3.63, 3.8) is 0 Å². The molecule has 1 atom stereocenters. The molecule has 7 nitrogen and oxygen atoms in total. The molecular formula is C29H43N3O4S. The number of allylic oxidation sites excluding steroid dienone is 5. The molecule has 0 aliphatic rings. The van der Waals surface area contributed by atoms with Crippen LogP contribution in [0.4, 0.5) is 0 Å². The minimum atomic E-state index is -0.822. The first kappa shape index (κ1) is 32.2. The number of thioether (sulfide) groups is 1. The normalized spacial score (nSPS) is 12.6. The summed E-state index contributed by atoms with van der Waals surface area (Å²) in [4.78, 5) is 37.6. The third kappa shape index (κ3) is 13.3. The van der Waals surface area contributed by atoms with Gasteiger partial charge < -0.3 is 10.6 Å². The molecule has 37 heavy (non-hydrogen) atoms. The van der Waals surface area contributed by atoms with Gasteiger partial charge in [0, 0.05) is 10.6 Å². The van der Waals surface area contributed by atoms with Gasteiger partial charge in [0.25, 0.3) is 11.8 Å². The first-order chi connectivity index (χ1) is 17.5. The average Bonchev–Trinajstić information content (AvgIpc) is 2.85. The smallest absolute Gasteiger partial charge is 0.262 e. The van der Waals surface area contributed by atoms with Crippen molar-refractivity contribution in [2.24, 2.45) is 5.92 Å². The van der Waals surface area contributed by atoms with E-state index < -0.39 is 17.9 Å². The molecule has 0 radical (unpaired) electrons. The lowest BCUT2D eigenvalue weighted by molar-refractivity contribution is -0.132. The molecule has 0 aromatic heterocycles. The number of hydrogen-bond acceptors (Lipinski definition) is 5. The van der Waals surface area contributed by atoms with Gasteiger partial charge in [-0.15, -0.1) is 11.8 Å². The first-order valence-electron chi connectivity index (χ1n) is 12.7. The van der Waals surface area contributed by atoms with Crippen LogP contribution in [0.1, 0.15) is 77.6 Å². The van der Waals surface area contributed by atoms with Crippen molar-refractivity contribution in [1.82, 2.24) is 16.1 Å². The molecule has 204 valence electrons. The zero-order chi connectivity index (χ0) is 27.8. The lowest BCUT2D eigenvalue weighted by atomic mass is 10.0. The highest BCUT2D eigenvalue weighted by atomic mass is 32.2. The fourth-order valence-electron chi connectivity index (χ4n) is 3.46. The molecule has 1 aromatic rings. The largest absolute Gasteiger partial charge is 0.345 e. The topological polar surface area (TPSA) is 108 Å². The third-order valence-electron chi connectivity index (χ3n) is 5.71. The molecule has 0 aliphatic carbocycles. The van der Waals surface area contributed by atoms with Gasteiger partial charge in [-0.05, 0) is 71.4 Å². The van der Waals surface area contributed by atoms with Crippen LogP contribution in [0.25, 0.3) is 0 Å². The zero-order valence-electron chi connectivity index (χ0n) is 23.0. The highest BCUT2D eigenvalue weighted by Gasteiger charge is 2.25. The Morgan fingerprint density at radius 1 is 0.946 bits per heavy atom. The van der Waals surface area contributed by atoms with Gasteiger partial charge in [-0.2, -0.15) is 0 Å². The summed E-state index contributed by atoms with van der Waals surface area (Å²) in [7, 11) is 0. The highest BCUT2D eigenvalue weighted by Crippen LogP contribution is 2.24. The van der Waals surface area contributed by atoms with Gasteiger partial charge in [0.2, 0.25) is 5.91 Å². The molecule has 4 N–H and O–H groups in total. The van der Waals surface area contributed by atoms with E-state index in [9.17, 15) is 14.4 Å². The summed E-state index contributed by atoms with van der Waals surface area (Å²) in [6.07, 6.45) is 11.0. The van der Waals surface area contributed by atoms with Gasteiger partial charge in [0.15, 0.2) is 0 Å². The van der Waals surface area contributed by atoms with Crippen LogP contribution in [0.5, 0.6) is 0 Å². The fraction of sp³-hybridized carbons (Fsp3) is 0.483. The quantitative estimate of drug-likeness (QED) is 0.103. The van der Waals surface area contributed by atoms with E-state index in [1.54, 1.807) is 23.9 Å². The van der Waals surface area contributed by atoms with E-state index >= 15 is 0 Å². The van der Waals surface area contributed by atoms with Crippen molar-refractivity contribution >= 4 is 29.5 Å². The van der Waals surface area contributed by atoms with Gasteiger partial charge in [0.05, 0.1) is 12.1 Å². The number of carbonyl (C=O) groups is 3. The molecule has 0 unspecified atom stereocenters. The average molecular weight is 530 g/mol. The Morgan fingerprint density at radius 3 is 2.19 bits per heavy atom. The molecule has 0 spiro atoms. The minimum Gasteiger partial charge on any atom is -0.345 e. The summed E-state index contributed by atoms with van der Waals surface area (Å²) in [5.74, 6) is -1.03. The number of amides is 3. The maximum atomic E-state index is 13.0. The van der Waals surface area contributed by atoms with Crippen LogP contribution >= 0.6 is 11.8 Å². The van der Waals surface area contributed by atoms with Gasteiger partial charge >= 0.3 is 0 Å². The first-order valence-corrected chi connectivity index (χ1v) is 13.7. The second-order valence-corrected chi connectivity index (χ2v) is 10.8. The van der Waals surface area contributed by atoms with Crippen LogP contribution < -0.4 is 16.1 Å². The Labute approximate surface area is 226 Å². The molecule has 0 heterocycles. The summed E-state index contributed by atoms with van der Waals surface area (Å²) >= 11 is 1.58. The Bertz CT molecular complexity index is 995. The summed E-state index contributed by atoms with van der Waals surface area (Å²) in [6, 6.07) is 6.50. The number of hydroxylamine groups is 1.